The first kappa shape index (κ1) is 20.0. The van der Waals surface area contributed by atoms with Crippen molar-refractivity contribution in [3.63, 3.8) is 0 Å². The van der Waals surface area contributed by atoms with Gasteiger partial charge in [0.15, 0.2) is 0 Å². The zero-order valence-electron chi connectivity index (χ0n) is 16.7. The summed E-state index contributed by atoms with van der Waals surface area (Å²) in [7, 11) is 0. The molecule has 1 atom stereocenters. The van der Waals surface area contributed by atoms with Crippen LogP contribution in [0.1, 0.15) is 35.7 Å². The van der Waals surface area contributed by atoms with Crippen molar-refractivity contribution >= 4 is 5.91 Å². The van der Waals surface area contributed by atoms with Crippen LogP contribution in [0, 0.1) is 5.82 Å². The molecule has 4 rings (SSSR count). The minimum atomic E-state index is -0.222. The van der Waals surface area contributed by atoms with Gasteiger partial charge in [0.05, 0.1) is 19.8 Å². The Morgan fingerprint density at radius 3 is 2.79 bits per heavy atom. The van der Waals surface area contributed by atoms with Gasteiger partial charge in [-0.1, -0.05) is 18.2 Å². The van der Waals surface area contributed by atoms with Gasteiger partial charge in [-0.25, -0.2) is 4.39 Å². The Balaban J connectivity index is 1.39. The summed E-state index contributed by atoms with van der Waals surface area (Å²) in [6, 6.07) is 12.7. The number of carbonyl (C=O) groups is 1. The lowest BCUT2D eigenvalue weighted by Crippen LogP contribution is -2.47. The van der Waals surface area contributed by atoms with Crippen LogP contribution in [0.25, 0.3) is 0 Å². The van der Waals surface area contributed by atoms with E-state index in [9.17, 15) is 9.18 Å². The first-order chi connectivity index (χ1) is 14.2. The minimum Gasteiger partial charge on any atom is -0.379 e. The first-order valence-electron chi connectivity index (χ1n) is 10.5. The summed E-state index contributed by atoms with van der Waals surface area (Å²) in [6.45, 7) is 5.08. The van der Waals surface area contributed by atoms with E-state index in [-0.39, 0.29) is 17.6 Å². The number of likely N-dealkylation sites (tertiary alicyclic amines) is 1. The predicted molar refractivity (Wildman–Crippen MR) is 109 cm³/mol. The van der Waals surface area contributed by atoms with E-state index in [0.717, 1.165) is 56.0 Å². The zero-order chi connectivity index (χ0) is 20.1. The number of benzene rings is 1. The summed E-state index contributed by atoms with van der Waals surface area (Å²) in [5, 5.41) is 0. The second-order valence-electron chi connectivity index (χ2n) is 7.93. The number of aromatic nitrogens is 1. The Morgan fingerprint density at radius 2 is 1.97 bits per heavy atom. The van der Waals surface area contributed by atoms with E-state index in [1.165, 1.54) is 6.07 Å². The molecule has 3 heterocycles. The molecule has 154 valence electrons. The maximum absolute atomic E-state index is 13.5. The van der Waals surface area contributed by atoms with E-state index in [2.05, 4.69) is 11.0 Å². The third kappa shape index (κ3) is 5.40. The number of rotatable bonds is 5. The van der Waals surface area contributed by atoms with Crippen molar-refractivity contribution in [1.82, 2.24) is 14.8 Å². The molecule has 5 nitrogen and oxygen atoms in total. The van der Waals surface area contributed by atoms with Gasteiger partial charge in [0.1, 0.15) is 5.82 Å². The van der Waals surface area contributed by atoms with E-state index in [1.54, 1.807) is 12.1 Å². The summed E-state index contributed by atoms with van der Waals surface area (Å²) in [4.78, 5) is 21.8. The number of hydrogen-bond donors (Lipinski definition) is 0. The molecule has 0 unspecified atom stereocenters. The monoisotopic (exact) mass is 397 g/mol. The number of piperidine rings is 1. The highest BCUT2D eigenvalue weighted by molar-refractivity contribution is 5.78. The van der Waals surface area contributed by atoms with Gasteiger partial charge in [0.25, 0.3) is 0 Å². The van der Waals surface area contributed by atoms with Gasteiger partial charge < -0.3 is 9.64 Å². The quantitative estimate of drug-likeness (QED) is 0.778. The molecule has 0 saturated carbocycles. The fourth-order valence-corrected chi connectivity index (χ4v) is 4.18. The van der Waals surface area contributed by atoms with Crippen molar-refractivity contribution in [3.05, 3.63) is 65.2 Å². The van der Waals surface area contributed by atoms with Crippen molar-refractivity contribution < 1.29 is 13.9 Å². The normalized spacial score (nSPS) is 20.6. The minimum absolute atomic E-state index is 0.201. The summed E-state index contributed by atoms with van der Waals surface area (Å²) in [5.74, 6) is 0.234. The molecule has 1 amide bonds. The van der Waals surface area contributed by atoms with Crippen LogP contribution in [0.5, 0.6) is 0 Å². The fraction of sp³-hybridized carbons (Fsp3) is 0.478. The van der Waals surface area contributed by atoms with E-state index < -0.39 is 0 Å². The average Bonchev–Trinajstić information content (AvgIpc) is 2.75. The second kappa shape index (κ2) is 9.46. The van der Waals surface area contributed by atoms with Crippen LogP contribution < -0.4 is 0 Å². The van der Waals surface area contributed by atoms with Crippen LogP contribution in [-0.4, -0.2) is 66.6 Å². The van der Waals surface area contributed by atoms with Crippen molar-refractivity contribution in [2.45, 2.75) is 25.2 Å². The Morgan fingerprint density at radius 1 is 1.14 bits per heavy atom. The van der Waals surface area contributed by atoms with Crippen LogP contribution in [-0.2, 0) is 16.0 Å². The van der Waals surface area contributed by atoms with Gasteiger partial charge in [-0.15, -0.1) is 0 Å². The Bertz CT molecular complexity index is 838. The number of amides is 1. The van der Waals surface area contributed by atoms with Gasteiger partial charge >= 0.3 is 0 Å². The van der Waals surface area contributed by atoms with Gasteiger partial charge in [0.2, 0.25) is 5.91 Å². The van der Waals surface area contributed by atoms with Crippen LogP contribution >= 0.6 is 0 Å². The standard InChI is InChI=1S/C23H28FN3O2/c24-20-6-1-4-18(14-20)15-21-7-2-8-22(25-21)19-5-3-9-27(16-19)23(28)17-26-10-12-29-13-11-26/h1-2,4,6-8,14,19H,3,5,9-13,15-17H2/t19-/m1/s1. The lowest BCUT2D eigenvalue weighted by Gasteiger charge is -2.35. The second-order valence-corrected chi connectivity index (χ2v) is 7.93. The first-order valence-corrected chi connectivity index (χ1v) is 10.5. The molecule has 0 spiro atoms. The van der Waals surface area contributed by atoms with Gasteiger partial charge in [0, 0.05) is 49.9 Å². The zero-order valence-corrected chi connectivity index (χ0v) is 16.7. The van der Waals surface area contributed by atoms with E-state index in [4.69, 9.17) is 9.72 Å². The number of hydrogen-bond acceptors (Lipinski definition) is 4. The largest absolute Gasteiger partial charge is 0.379 e. The summed E-state index contributed by atoms with van der Waals surface area (Å²) in [6.07, 6.45) is 2.64. The molecular weight excluding hydrogens is 369 g/mol. The van der Waals surface area contributed by atoms with Crippen molar-refractivity contribution in [3.8, 4) is 0 Å². The molecule has 29 heavy (non-hydrogen) atoms. The van der Waals surface area contributed by atoms with Gasteiger partial charge in [-0.05, 0) is 42.7 Å². The van der Waals surface area contributed by atoms with Crippen molar-refractivity contribution in [2.75, 3.05) is 45.9 Å². The third-order valence-corrected chi connectivity index (χ3v) is 5.76. The predicted octanol–water partition coefficient (Wildman–Crippen LogP) is 2.85. The number of halogens is 1. The molecule has 0 N–H and O–H groups in total. The molecule has 0 aliphatic carbocycles. The molecule has 2 fully saturated rings. The van der Waals surface area contributed by atoms with Crippen LogP contribution in [0.4, 0.5) is 4.39 Å². The average molecular weight is 397 g/mol. The fourth-order valence-electron chi connectivity index (χ4n) is 4.18. The third-order valence-electron chi connectivity index (χ3n) is 5.76. The number of carbonyl (C=O) groups excluding carboxylic acids is 1. The molecule has 0 radical (unpaired) electrons. The summed E-state index contributed by atoms with van der Waals surface area (Å²) >= 11 is 0. The number of morpholine rings is 1. The number of pyridine rings is 1. The highest BCUT2D eigenvalue weighted by atomic mass is 19.1. The smallest absolute Gasteiger partial charge is 0.236 e. The van der Waals surface area contributed by atoms with Crippen molar-refractivity contribution in [1.29, 1.82) is 0 Å². The van der Waals surface area contributed by atoms with E-state index >= 15 is 0 Å². The van der Waals surface area contributed by atoms with Gasteiger partial charge in [-0.2, -0.15) is 0 Å². The SMILES string of the molecule is O=C(CN1CCOCC1)N1CCC[C@@H](c2cccc(Cc3cccc(F)c3)n2)C1. The topological polar surface area (TPSA) is 45.7 Å². The number of ether oxygens (including phenoxy) is 1. The molecule has 1 aromatic heterocycles. The molecule has 0 bridgehead atoms. The molecule has 2 aliphatic heterocycles. The van der Waals surface area contributed by atoms with E-state index in [1.807, 2.05) is 23.1 Å². The molecule has 2 aliphatic rings. The molecule has 1 aromatic carbocycles. The Labute approximate surface area is 171 Å². The molecule has 6 heteroatoms. The van der Waals surface area contributed by atoms with Crippen LogP contribution in [0.3, 0.4) is 0 Å². The number of nitrogens with zero attached hydrogens (tertiary/aromatic N) is 3. The van der Waals surface area contributed by atoms with Crippen molar-refractivity contribution in [2.24, 2.45) is 0 Å². The lowest BCUT2D eigenvalue weighted by molar-refractivity contribution is -0.134. The highest BCUT2D eigenvalue weighted by Gasteiger charge is 2.27. The molecule has 2 aromatic rings. The Kier molecular flexibility index (Phi) is 6.52. The lowest BCUT2D eigenvalue weighted by atomic mass is 9.93. The van der Waals surface area contributed by atoms with Crippen LogP contribution in [0.15, 0.2) is 42.5 Å². The summed E-state index contributed by atoms with van der Waals surface area (Å²) in [5.41, 5.74) is 2.88. The summed E-state index contributed by atoms with van der Waals surface area (Å²) < 4.78 is 18.8. The highest BCUT2D eigenvalue weighted by Crippen LogP contribution is 2.26. The maximum Gasteiger partial charge on any atom is 0.236 e. The van der Waals surface area contributed by atoms with E-state index in [0.29, 0.717) is 26.2 Å². The maximum atomic E-state index is 13.5. The Hall–Kier alpha value is -2.31. The van der Waals surface area contributed by atoms with Gasteiger partial charge in [-0.3, -0.25) is 14.7 Å². The van der Waals surface area contributed by atoms with Crippen LogP contribution in [0.2, 0.25) is 0 Å². The molecule has 2 saturated heterocycles. The molecular formula is C23H28FN3O2.